The number of hydrogen-bond donors (Lipinski definition) is 3. The number of rotatable bonds is 6. The maximum Gasteiger partial charge on any atom is 0.132 e. The molecule has 18 heavy (non-hydrogen) atoms. The first-order chi connectivity index (χ1) is 8.32. The van der Waals surface area contributed by atoms with Crippen LogP contribution in [0.25, 0.3) is 0 Å². The Morgan fingerprint density at radius 1 is 1.44 bits per heavy atom. The van der Waals surface area contributed by atoms with Gasteiger partial charge in [0, 0.05) is 25.6 Å². The number of hydrogen-bond acceptors (Lipinski definition) is 6. The summed E-state index contributed by atoms with van der Waals surface area (Å²) in [6.45, 7) is 4.73. The molecule has 0 aliphatic heterocycles. The lowest BCUT2D eigenvalue weighted by atomic mass is 10.1. The van der Waals surface area contributed by atoms with Gasteiger partial charge in [0.15, 0.2) is 0 Å². The fourth-order valence-electron chi connectivity index (χ4n) is 1.78. The summed E-state index contributed by atoms with van der Waals surface area (Å²) in [6, 6.07) is 1.67. The zero-order valence-corrected chi connectivity index (χ0v) is 11.6. The highest BCUT2D eigenvalue weighted by atomic mass is 16.3. The number of aryl methyl sites for hydroxylation is 1. The second-order valence-corrected chi connectivity index (χ2v) is 5.04. The number of nitrogens with one attached hydrogen (secondary N) is 1. The van der Waals surface area contributed by atoms with Crippen molar-refractivity contribution >= 4 is 11.6 Å². The maximum absolute atomic E-state index is 10.2. The molecule has 0 spiro atoms. The third-order valence-electron chi connectivity index (χ3n) is 2.42. The van der Waals surface area contributed by atoms with Crippen molar-refractivity contribution in [2.24, 2.45) is 0 Å². The molecule has 0 aromatic carbocycles. The molecule has 0 saturated carbocycles. The zero-order valence-electron chi connectivity index (χ0n) is 11.6. The van der Waals surface area contributed by atoms with E-state index in [9.17, 15) is 5.11 Å². The van der Waals surface area contributed by atoms with E-state index in [-0.39, 0.29) is 0 Å². The predicted molar refractivity (Wildman–Crippen MR) is 73.5 cm³/mol. The van der Waals surface area contributed by atoms with Crippen LogP contribution in [-0.4, -0.2) is 52.8 Å². The molecule has 102 valence electrons. The van der Waals surface area contributed by atoms with Crippen LogP contribution < -0.4 is 11.1 Å². The molecular weight excluding hydrogens is 230 g/mol. The number of aromatic nitrogens is 2. The Balaban J connectivity index is 2.65. The minimum atomic E-state index is -0.824. The van der Waals surface area contributed by atoms with E-state index in [1.165, 1.54) is 0 Å². The molecule has 0 aliphatic rings. The molecule has 0 fully saturated rings. The van der Waals surface area contributed by atoms with Crippen LogP contribution in [0.4, 0.5) is 11.6 Å². The van der Waals surface area contributed by atoms with Crippen LogP contribution in [0.5, 0.6) is 0 Å². The second-order valence-electron chi connectivity index (χ2n) is 5.04. The normalized spacial score (nSPS) is 14.6. The van der Waals surface area contributed by atoms with E-state index in [4.69, 9.17) is 5.73 Å². The predicted octanol–water partition coefficient (Wildman–Crippen LogP) is 0.346. The lowest BCUT2D eigenvalue weighted by Gasteiger charge is -2.27. The van der Waals surface area contributed by atoms with Gasteiger partial charge in [0.1, 0.15) is 17.5 Å². The molecule has 0 saturated heterocycles. The lowest BCUT2D eigenvalue weighted by molar-refractivity contribution is 0.0459. The van der Waals surface area contributed by atoms with Gasteiger partial charge in [0.2, 0.25) is 0 Å². The summed E-state index contributed by atoms with van der Waals surface area (Å²) in [6.07, 6.45) is 0.730. The van der Waals surface area contributed by atoms with Crippen LogP contribution in [0.2, 0.25) is 0 Å². The van der Waals surface area contributed by atoms with E-state index in [2.05, 4.69) is 15.3 Å². The number of aliphatic hydroxyl groups is 1. The highest BCUT2D eigenvalue weighted by Crippen LogP contribution is 2.11. The van der Waals surface area contributed by atoms with Crippen molar-refractivity contribution in [2.45, 2.75) is 25.9 Å². The van der Waals surface area contributed by atoms with E-state index in [1.54, 1.807) is 13.0 Å². The summed E-state index contributed by atoms with van der Waals surface area (Å²) >= 11 is 0. The van der Waals surface area contributed by atoms with Crippen LogP contribution in [0, 0.1) is 0 Å². The molecular formula is C12H23N5O. The molecule has 1 atom stereocenters. The number of nitrogens with two attached hydrogens (primary N) is 1. The molecule has 4 N–H and O–H groups in total. The molecule has 0 radical (unpaired) electrons. The molecule has 1 aromatic heterocycles. The summed E-state index contributed by atoms with van der Waals surface area (Å²) in [4.78, 5) is 10.3. The van der Waals surface area contributed by atoms with Gasteiger partial charge < -0.3 is 21.1 Å². The average Bonchev–Trinajstić information content (AvgIpc) is 2.24. The van der Waals surface area contributed by atoms with Crippen LogP contribution in [0.1, 0.15) is 19.7 Å². The standard InChI is InChI=1S/C12H23N5O/c1-5-10-15-9(13)6-11(16-10)14-7-12(2,18)8-17(3)4/h6,18H,5,7-8H2,1-4H3,(H3,13,14,15,16). The summed E-state index contributed by atoms with van der Waals surface area (Å²) in [7, 11) is 3.85. The monoisotopic (exact) mass is 253 g/mol. The fourth-order valence-corrected chi connectivity index (χ4v) is 1.78. The van der Waals surface area contributed by atoms with Gasteiger partial charge in [-0.2, -0.15) is 0 Å². The first kappa shape index (κ1) is 14.7. The van der Waals surface area contributed by atoms with Gasteiger partial charge in [-0.25, -0.2) is 9.97 Å². The molecule has 6 heteroatoms. The topological polar surface area (TPSA) is 87.3 Å². The number of nitrogen functional groups attached to an aromatic ring is 1. The van der Waals surface area contributed by atoms with E-state index in [1.807, 2.05) is 25.9 Å². The van der Waals surface area contributed by atoms with Crippen molar-refractivity contribution < 1.29 is 5.11 Å². The van der Waals surface area contributed by atoms with E-state index in [0.29, 0.717) is 30.5 Å². The van der Waals surface area contributed by atoms with E-state index >= 15 is 0 Å². The maximum atomic E-state index is 10.2. The van der Waals surface area contributed by atoms with Gasteiger partial charge in [0.05, 0.1) is 5.60 Å². The largest absolute Gasteiger partial charge is 0.387 e. The molecule has 0 aliphatic carbocycles. The summed E-state index contributed by atoms with van der Waals surface area (Å²) in [5.74, 6) is 1.79. The van der Waals surface area contributed by atoms with Gasteiger partial charge in [0.25, 0.3) is 0 Å². The number of anilines is 2. The number of nitrogens with zero attached hydrogens (tertiary/aromatic N) is 3. The van der Waals surface area contributed by atoms with Crippen LogP contribution in [0.3, 0.4) is 0 Å². The van der Waals surface area contributed by atoms with Crippen molar-refractivity contribution in [3.05, 3.63) is 11.9 Å². The Hall–Kier alpha value is -1.40. The van der Waals surface area contributed by atoms with Crippen molar-refractivity contribution in [2.75, 3.05) is 38.2 Å². The van der Waals surface area contributed by atoms with Gasteiger partial charge in [-0.1, -0.05) is 6.92 Å². The summed E-state index contributed by atoms with van der Waals surface area (Å²) in [5.41, 5.74) is 4.87. The molecule has 0 amide bonds. The summed E-state index contributed by atoms with van der Waals surface area (Å²) in [5, 5.41) is 13.3. The third kappa shape index (κ3) is 4.85. The van der Waals surface area contributed by atoms with Crippen molar-refractivity contribution in [1.82, 2.24) is 14.9 Å². The Kier molecular flexibility index (Phi) is 4.86. The quantitative estimate of drug-likeness (QED) is 0.678. The molecule has 1 heterocycles. The second kappa shape index (κ2) is 5.97. The van der Waals surface area contributed by atoms with Crippen molar-refractivity contribution in [3.63, 3.8) is 0 Å². The zero-order chi connectivity index (χ0) is 13.8. The molecule has 1 unspecified atom stereocenters. The smallest absolute Gasteiger partial charge is 0.132 e. The minimum Gasteiger partial charge on any atom is -0.387 e. The average molecular weight is 253 g/mol. The van der Waals surface area contributed by atoms with Crippen LogP contribution in [0.15, 0.2) is 6.07 Å². The molecule has 0 bridgehead atoms. The van der Waals surface area contributed by atoms with Crippen molar-refractivity contribution in [1.29, 1.82) is 0 Å². The third-order valence-corrected chi connectivity index (χ3v) is 2.42. The van der Waals surface area contributed by atoms with Gasteiger partial charge in [-0.3, -0.25) is 0 Å². The highest BCUT2D eigenvalue weighted by molar-refractivity contribution is 5.44. The molecule has 6 nitrogen and oxygen atoms in total. The van der Waals surface area contributed by atoms with Crippen LogP contribution in [-0.2, 0) is 6.42 Å². The Labute approximate surface area is 108 Å². The molecule has 1 aromatic rings. The highest BCUT2D eigenvalue weighted by Gasteiger charge is 2.21. The summed E-state index contributed by atoms with van der Waals surface area (Å²) < 4.78 is 0. The van der Waals surface area contributed by atoms with E-state index in [0.717, 1.165) is 6.42 Å². The lowest BCUT2D eigenvalue weighted by Crippen LogP contribution is -2.43. The first-order valence-electron chi connectivity index (χ1n) is 6.07. The minimum absolute atomic E-state index is 0.408. The van der Waals surface area contributed by atoms with Gasteiger partial charge >= 0.3 is 0 Å². The van der Waals surface area contributed by atoms with Crippen molar-refractivity contribution in [3.8, 4) is 0 Å². The Bertz CT molecular complexity index is 392. The molecule has 1 rings (SSSR count). The van der Waals surface area contributed by atoms with Crippen LogP contribution >= 0.6 is 0 Å². The Morgan fingerprint density at radius 2 is 2.11 bits per heavy atom. The Morgan fingerprint density at radius 3 is 2.67 bits per heavy atom. The first-order valence-corrected chi connectivity index (χ1v) is 6.07. The SMILES string of the molecule is CCc1nc(N)cc(NCC(C)(O)CN(C)C)n1. The van der Waals surface area contributed by atoms with E-state index < -0.39 is 5.60 Å². The number of likely N-dealkylation sites (N-methyl/N-ethyl adjacent to an activating group) is 1. The van der Waals surface area contributed by atoms with Gasteiger partial charge in [-0.05, 0) is 21.0 Å². The fraction of sp³-hybridized carbons (Fsp3) is 0.667. The van der Waals surface area contributed by atoms with Gasteiger partial charge in [-0.15, -0.1) is 0 Å².